The minimum Gasteiger partial charge on any atom is -0.488 e. The summed E-state index contributed by atoms with van der Waals surface area (Å²) in [5.41, 5.74) is 1.24. The summed E-state index contributed by atoms with van der Waals surface area (Å²) in [4.78, 5) is 23.7. The van der Waals surface area contributed by atoms with Crippen molar-refractivity contribution in [3.63, 3.8) is 0 Å². The average Bonchev–Trinajstić information content (AvgIpc) is 2.73. The number of aliphatic hydroxyl groups excluding tert-OH is 1. The number of fused-ring (bicyclic) bond motifs is 1. The number of urea groups is 1. The number of hydrogen-bond donors (Lipinski definition) is 4. The summed E-state index contributed by atoms with van der Waals surface area (Å²) >= 11 is 0. The fraction of sp³-hybridized carbons (Fsp3) is 0.333. The number of para-hydroxylation sites is 2. The molecule has 1 unspecified atom stereocenters. The molecule has 1 atom stereocenters. The van der Waals surface area contributed by atoms with E-state index in [0.29, 0.717) is 49.7 Å². The van der Waals surface area contributed by atoms with Gasteiger partial charge in [-0.05, 0) is 24.3 Å². The van der Waals surface area contributed by atoms with Gasteiger partial charge in [-0.25, -0.2) is 4.79 Å². The second-order valence-corrected chi connectivity index (χ2v) is 6.57. The zero-order chi connectivity index (χ0) is 20.5. The molecule has 4 N–H and O–H groups in total. The molecule has 0 saturated heterocycles. The Bertz CT molecular complexity index is 828. The fourth-order valence-corrected chi connectivity index (χ4v) is 2.85. The number of amides is 2. The number of nitrogens with one attached hydrogen (secondary N) is 3. The lowest BCUT2D eigenvalue weighted by molar-refractivity contribution is 0.0912. The highest BCUT2D eigenvalue weighted by molar-refractivity contribution is 6.00. The smallest absolute Gasteiger partial charge is 0.319 e. The normalized spacial score (nSPS) is 13.8. The standard InChI is InChI=1S/C21H25N3O5/c25-16(13-22-10-11-23-21(27)24-15-5-2-1-3-6-15)14-29-19-8-4-7-17-18(26)9-12-28-20(17)19/h1-8,16,22,25H,9-14H2,(H2,23,24,27). The van der Waals surface area contributed by atoms with Gasteiger partial charge < -0.3 is 30.5 Å². The van der Waals surface area contributed by atoms with Crippen molar-refractivity contribution in [3.05, 3.63) is 54.1 Å². The first-order chi connectivity index (χ1) is 14.1. The third-order valence-electron chi connectivity index (χ3n) is 4.29. The van der Waals surface area contributed by atoms with Crippen LogP contribution in [0.15, 0.2) is 48.5 Å². The Morgan fingerprint density at radius 2 is 1.97 bits per heavy atom. The molecule has 0 aliphatic carbocycles. The largest absolute Gasteiger partial charge is 0.488 e. The number of Topliss-reactive ketones (excluding diaryl/α,β-unsaturated/α-hetero) is 1. The van der Waals surface area contributed by atoms with Gasteiger partial charge in [0.05, 0.1) is 12.2 Å². The molecule has 0 aromatic heterocycles. The van der Waals surface area contributed by atoms with Crippen LogP contribution in [0.1, 0.15) is 16.8 Å². The number of carbonyl (C=O) groups excluding carboxylic acids is 2. The molecule has 0 saturated carbocycles. The van der Waals surface area contributed by atoms with Crippen molar-refractivity contribution in [2.45, 2.75) is 12.5 Å². The first kappa shape index (κ1) is 20.6. The van der Waals surface area contributed by atoms with Crippen molar-refractivity contribution in [1.29, 1.82) is 0 Å². The summed E-state index contributed by atoms with van der Waals surface area (Å²) in [5.74, 6) is 0.925. The number of aliphatic hydroxyl groups is 1. The summed E-state index contributed by atoms with van der Waals surface area (Å²) in [6, 6.07) is 14.0. The molecule has 0 bridgehead atoms. The van der Waals surface area contributed by atoms with Crippen LogP contribution in [0.25, 0.3) is 0 Å². The molecule has 1 heterocycles. The van der Waals surface area contributed by atoms with E-state index in [1.807, 2.05) is 18.2 Å². The molecular formula is C21H25N3O5. The van der Waals surface area contributed by atoms with Gasteiger partial charge in [0.1, 0.15) is 12.7 Å². The highest BCUT2D eigenvalue weighted by Crippen LogP contribution is 2.34. The third-order valence-corrected chi connectivity index (χ3v) is 4.29. The number of ether oxygens (including phenoxy) is 2. The van der Waals surface area contributed by atoms with Gasteiger partial charge in [0, 0.05) is 31.7 Å². The van der Waals surface area contributed by atoms with Crippen molar-refractivity contribution in [1.82, 2.24) is 10.6 Å². The van der Waals surface area contributed by atoms with Gasteiger partial charge in [0.25, 0.3) is 0 Å². The maximum Gasteiger partial charge on any atom is 0.319 e. The molecule has 154 valence electrons. The monoisotopic (exact) mass is 399 g/mol. The Morgan fingerprint density at radius 3 is 2.79 bits per heavy atom. The Kier molecular flexibility index (Phi) is 7.43. The molecule has 0 spiro atoms. The lowest BCUT2D eigenvalue weighted by Crippen LogP contribution is -2.38. The van der Waals surface area contributed by atoms with E-state index in [4.69, 9.17) is 9.47 Å². The van der Waals surface area contributed by atoms with Crippen LogP contribution in [0.2, 0.25) is 0 Å². The number of carbonyl (C=O) groups is 2. The summed E-state index contributed by atoms with van der Waals surface area (Å²) in [7, 11) is 0. The molecule has 2 amide bonds. The third kappa shape index (κ3) is 6.20. The second-order valence-electron chi connectivity index (χ2n) is 6.57. The van der Waals surface area contributed by atoms with Crippen molar-refractivity contribution >= 4 is 17.5 Å². The Morgan fingerprint density at radius 1 is 1.14 bits per heavy atom. The summed E-state index contributed by atoms with van der Waals surface area (Å²) in [5, 5.41) is 18.6. The van der Waals surface area contributed by atoms with Gasteiger partial charge in [-0.15, -0.1) is 0 Å². The van der Waals surface area contributed by atoms with Gasteiger partial charge >= 0.3 is 6.03 Å². The quantitative estimate of drug-likeness (QED) is 0.479. The predicted molar refractivity (Wildman–Crippen MR) is 109 cm³/mol. The Hall–Kier alpha value is -3.10. The number of benzene rings is 2. The van der Waals surface area contributed by atoms with Crippen LogP contribution in [0, 0.1) is 0 Å². The second kappa shape index (κ2) is 10.4. The number of anilines is 1. The van der Waals surface area contributed by atoms with Crippen LogP contribution in [0.4, 0.5) is 10.5 Å². The van der Waals surface area contributed by atoms with Gasteiger partial charge in [0.15, 0.2) is 17.3 Å². The molecule has 8 nitrogen and oxygen atoms in total. The zero-order valence-corrected chi connectivity index (χ0v) is 16.0. The van der Waals surface area contributed by atoms with E-state index in [-0.39, 0.29) is 18.4 Å². The maximum absolute atomic E-state index is 11.9. The molecule has 8 heteroatoms. The first-order valence-corrected chi connectivity index (χ1v) is 9.54. The highest BCUT2D eigenvalue weighted by atomic mass is 16.5. The number of hydrogen-bond acceptors (Lipinski definition) is 6. The Labute approximate surface area is 169 Å². The lowest BCUT2D eigenvalue weighted by Gasteiger charge is -2.20. The van der Waals surface area contributed by atoms with E-state index in [1.165, 1.54) is 0 Å². The molecule has 0 fully saturated rings. The first-order valence-electron chi connectivity index (χ1n) is 9.54. The van der Waals surface area contributed by atoms with Crippen molar-refractivity contribution in [2.75, 3.05) is 38.2 Å². The van der Waals surface area contributed by atoms with Crippen LogP contribution < -0.4 is 25.4 Å². The van der Waals surface area contributed by atoms with E-state index in [9.17, 15) is 14.7 Å². The topological polar surface area (TPSA) is 109 Å². The van der Waals surface area contributed by atoms with Crippen molar-refractivity contribution < 1.29 is 24.2 Å². The number of ketones is 1. The van der Waals surface area contributed by atoms with E-state index in [2.05, 4.69) is 16.0 Å². The summed E-state index contributed by atoms with van der Waals surface area (Å²) < 4.78 is 11.2. The maximum atomic E-state index is 11.9. The van der Waals surface area contributed by atoms with Gasteiger partial charge in [-0.2, -0.15) is 0 Å². The van der Waals surface area contributed by atoms with Crippen molar-refractivity contribution in [2.24, 2.45) is 0 Å². The fourth-order valence-electron chi connectivity index (χ4n) is 2.85. The molecule has 3 rings (SSSR count). The number of rotatable bonds is 9. The van der Waals surface area contributed by atoms with Crippen LogP contribution in [-0.4, -0.2) is 55.9 Å². The molecule has 0 radical (unpaired) electrons. The van der Waals surface area contributed by atoms with Gasteiger partial charge in [-0.1, -0.05) is 24.3 Å². The average molecular weight is 399 g/mol. The van der Waals surface area contributed by atoms with Crippen LogP contribution in [-0.2, 0) is 0 Å². The molecule has 2 aromatic rings. The summed E-state index contributed by atoms with van der Waals surface area (Å²) in [6.07, 6.45) is -0.385. The van der Waals surface area contributed by atoms with Gasteiger partial charge in [-0.3, -0.25) is 4.79 Å². The van der Waals surface area contributed by atoms with Gasteiger partial charge in [0.2, 0.25) is 0 Å². The SMILES string of the molecule is O=C(NCCNCC(O)COc1cccc2c1OCCC2=O)Nc1ccccc1. The van der Waals surface area contributed by atoms with Crippen LogP contribution in [0.3, 0.4) is 0 Å². The molecule has 2 aromatic carbocycles. The van der Waals surface area contributed by atoms with Crippen molar-refractivity contribution in [3.8, 4) is 11.5 Å². The van der Waals surface area contributed by atoms with E-state index in [1.54, 1.807) is 30.3 Å². The van der Waals surface area contributed by atoms with Crippen LogP contribution in [0.5, 0.6) is 11.5 Å². The minimum atomic E-state index is -0.747. The van der Waals surface area contributed by atoms with E-state index >= 15 is 0 Å². The Balaban J connectivity index is 1.32. The lowest BCUT2D eigenvalue weighted by atomic mass is 10.0. The molecule has 29 heavy (non-hydrogen) atoms. The highest BCUT2D eigenvalue weighted by Gasteiger charge is 2.22. The van der Waals surface area contributed by atoms with E-state index in [0.717, 1.165) is 5.69 Å². The molecular weight excluding hydrogens is 374 g/mol. The minimum absolute atomic E-state index is 0.0303. The predicted octanol–water partition coefficient (Wildman–Crippen LogP) is 1.80. The zero-order valence-electron chi connectivity index (χ0n) is 16.0. The van der Waals surface area contributed by atoms with E-state index < -0.39 is 6.10 Å². The van der Waals surface area contributed by atoms with Crippen LogP contribution >= 0.6 is 0 Å². The summed E-state index contributed by atoms with van der Waals surface area (Å²) in [6.45, 7) is 1.60. The molecule has 1 aliphatic heterocycles. The molecule has 1 aliphatic rings.